The van der Waals surface area contributed by atoms with E-state index in [4.69, 9.17) is 4.42 Å². The number of hydrogen-bond donors (Lipinski definition) is 1. The van der Waals surface area contributed by atoms with Gasteiger partial charge in [0.1, 0.15) is 0 Å². The molecule has 1 N–H and O–H groups in total. The molecular weight excluding hydrogens is 284 g/mol. The van der Waals surface area contributed by atoms with E-state index in [1.54, 1.807) is 12.1 Å². The molecule has 2 heterocycles. The Bertz CT molecular complexity index is 403. The Morgan fingerprint density at radius 1 is 1.59 bits per heavy atom. The number of halogens is 1. The molecule has 0 aromatic carbocycles. The van der Waals surface area contributed by atoms with Gasteiger partial charge in [-0.1, -0.05) is 0 Å². The van der Waals surface area contributed by atoms with E-state index in [1.165, 1.54) is 0 Å². The first kappa shape index (κ1) is 12.6. The third-order valence-corrected chi connectivity index (χ3v) is 3.51. The van der Waals surface area contributed by atoms with E-state index in [9.17, 15) is 4.79 Å². The van der Waals surface area contributed by atoms with Gasteiger partial charge in [0.2, 0.25) is 0 Å². The van der Waals surface area contributed by atoms with Crippen molar-refractivity contribution >= 4 is 21.8 Å². The average molecular weight is 301 g/mol. The first-order chi connectivity index (χ1) is 8.06. The zero-order chi connectivity index (χ0) is 12.4. The summed E-state index contributed by atoms with van der Waals surface area (Å²) in [5, 5.41) is 3.00. The highest BCUT2D eigenvalue weighted by atomic mass is 79.9. The highest BCUT2D eigenvalue weighted by Gasteiger charge is 2.26. The maximum absolute atomic E-state index is 11.8. The molecule has 1 aromatic rings. The van der Waals surface area contributed by atoms with Crippen LogP contribution < -0.4 is 5.32 Å². The third kappa shape index (κ3) is 3.10. The Kier molecular flexibility index (Phi) is 3.89. The first-order valence-corrected chi connectivity index (χ1v) is 6.66. The third-order valence-electron chi connectivity index (χ3n) is 3.08. The molecule has 1 amide bonds. The van der Waals surface area contributed by atoms with Gasteiger partial charge >= 0.3 is 0 Å². The number of likely N-dealkylation sites (tertiary alicyclic amines) is 1. The highest BCUT2D eigenvalue weighted by Crippen LogP contribution is 2.16. The zero-order valence-corrected chi connectivity index (χ0v) is 11.7. The second kappa shape index (κ2) is 5.23. The lowest BCUT2D eigenvalue weighted by molar-refractivity contribution is 0.0907. The van der Waals surface area contributed by atoms with E-state index in [1.807, 2.05) is 0 Å². The summed E-state index contributed by atoms with van der Waals surface area (Å²) in [5.74, 6) is 0.228. The molecule has 17 heavy (non-hydrogen) atoms. The number of amides is 1. The minimum Gasteiger partial charge on any atom is -0.444 e. The first-order valence-electron chi connectivity index (χ1n) is 5.86. The minimum absolute atomic E-state index is 0.133. The topological polar surface area (TPSA) is 45.5 Å². The van der Waals surface area contributed by atoms with Gasteiger partial charge in [-0.25, -0.2) is 0 Å². The summed E-state index contributed by atoms with van der Waals surface area (Å²) in [6.45, 7) is 6.32. The summed E-state index contributed by atoms with van der Waals surface area (Å²) in [6, 6.07) is 4.17. The summed E-state index contributed by atoms with van der Waals surface area (Å²) in [7, 11) is 0. The lowest BCUT2D eigenvalue weighted by atomic mass is 10.2. The molecule has 1 aliphatic rings. The van der Waals surface area contributed by atoms with Gasteiger partial charge in [0.15, 0.2) is 10.4 Å². The number of carbonyl (C=O) groups is 1. The number of nitrogens with one attached hydrogen (secondary N) is 1. The van der Waals surface area contributed by atoms with Crippen LogP contribution in [0, 0.1) is 0 Å². The van der Waals surface area contributed by atoms with E-state index < -0.39 is 0 Å². The lowest BCUT2D eigenvalue weighted by Gasteiger charge is -2.20. The summed E-state index contributed by atoms with van der Waals surface area (Å²) < 4.78 is 5.80. The second-order valence-electron chi connectivity index (χ2n) is 4.65. The maximum atomic E-state index is 11.8. The molecule has 1 aliphatic heterocycles. The van der Waals surface area contributed by atoms with Gasteiger partial charge in [0.25, 0.3) is 5.91 Å². The summed E-state index contributed by atoms with van der Waals surface area (Å²) >= 11 is 3.19. The molecule has 0 bridgehead atoms. The van der Waals surface area contributed by atoms with Crippen molar-refractivity contribution < 1.29 is 9.21 Å². The monoisotopic (exact) mass is 300 g/mol. The Labute approximate surface area is 109 Å². The molecule has 94 valence electrons. The highest BCUT2D eigenvalue weighted by molar-refractivity contribution is 9.10. The summed E-state index contributed by atoms with van der Waals surface area (Å²) in [4.78, 5) is 14.2. The molecule has 4 nitrogen and oxygen atoms in total. The van der Waals surface area contributed by atoms with Crippen molar-refractivity contribution in [1.82, 2.24) is 10.2 Å². The van der Waals surface area contributed by atoms with E-state index >= 15 is 0 Å². The van der Waals surface area contributed by atoms with Crippen molar-refractivity contribution in [2.24, 2.45) is 0 Å². The van der Waals surface area contributed by atoms with Crippen LogP contribution in [0.2, 0.25) is 0 Å². The molecule has 1 saturated heterocycles. The number of rotatable bonds is 3. The molecule has 1 aromatic heterocycles. The number of furan rings is 1. The van der Waals surface area contributed by atoms with Crippen LogP contribution in [-0.4, -0.2) is 36.0 Å². The van der Waals surface area contributed by atoms with Crippen LogP contribution in [0.5, 0.6) is 0 Å². The van der Waals surface area contributed by atoms with Crippen LogP contribution in [0.25, 0.3) is 0 Å². The van der Waals surface area contributed by atoms with Crippen LogP contribution in [0.3, 0.4) is 0 Å². The fourth-order valence-corrected chi connectivity index (χ4v) is 2.37. The molecular formula is C12H17BrN2O2. The standard InChI is InChI=1S/C12H17BrN2O2/c1-8(2)15-6-5-9(7-15)14-12(16)10-3-4-11(13)17-10/h3-4,8-9H,5-7H2,1-2H3,(H,14,16)/t9-/m1/s1. The van der Waals surface area contributed by atoms with Crippen molar-refractivity contribution in [3.05, 3.63) is 22.6 Å². The number of hydrogen-bond acceptors (Lipinski definition) is 3. The van der Waals surface area contributed by atoms with Crippen molar-refractivity contribution in [3.8, 4) is 0 Å². The van der Waals surface area contributed by atoms with Crippen molar-refractivity contribution in [2.45, 2.75) is 32.4 Å². The SMILES string of the molecule is CC(C)N1CC[C@@H](NC(=O)c2ccc(Br)o2)C1. The summed E-state index contributed by atoms with van der Waals surface area (Å²) in [6.07, 6.45) is 1.01. The Morgan fingerprint density at radius 2 is 2.35 bits per heavy atom. The molecule has 0 saturated carbocycles. The number of carbonyl (C=O) groups excluding carboxylic acids is 1. The van der Waals surface area contributed by atoms with Gasteiger partial charge in [0.05, 0.1) is 0 Å². The van der Waals surface area contributed by atoms with Gasteiger partial charge in [-0.15, -0.1) is 0 Å². The van der Waals surface area contributed by atoms with E-state index in [0.29, 0.717) is 16.5 Å². The van der Waals surface area contributed by atoms with E-state index in [2.05, 4.69) is 40.0 Å². The van der Waals surface area contributed by atoms with Crippen LogP contribution in [-0.2, 0) is 0 Å². The molecule has 2 rings (SSSR count). The fraction of sp³-hybridized carbons (Fsp3) is 0.583. The molecule has 0 radical (unpaired) electrons. The van der Waals surface area contributed by atoms with Crippen molar-refractivity contribution in [1.29, 1.82) is 0 Å². The van der Waals surface area contributed by atoms with Crippen LogP contribution in [0.4, 0.5) is 0 Å². The van der Waals surface area contributed by atoms with Gasteiger partial charge in [0, 0.05) is 25.2 Å². The van der Waals surface area contributed by atoms with Crippen LogP contribution >= 0.6 is 15.9 Å². The average Bonchev–Trinajstić information content (AvgIpc) is 2.86. The van der Waals surface area contributed by atoms with Gasteiger partial charge in [-0.3, -0.25) is 9.69 Å². The largest absolute Gasteiger partial charge is 0.444 e. The van der Waals surface area contributed by atoms with Gasteiger partial charge in [-0.2, -0.15) is 0 Å². The molecule has 0 unspecified atom stereocenters. The Morgan fingerprint density at radius 3 is 2.88 bits per heavy atom. The minimum atomic E-state index is -0.133. The fourth-order valence-electron chi connectivity index (χ4n) is 2.07. The molecule has 0 aliphatic carbocycles. The smallest absolute Gasteiger partial charge is 0.287 e. The zero-order valence-electron chi connectivity index (χ0n) is 10.1. The Hall–Kier alpha value is -0.810. The van der Waals surface area contributed by atoms with Gasteiger partial charge < -0.3 is 9.73 Å². The predicted molar refractivity (Wildman–Crippen MR) is 69.0 cm³/mol. The normalized spacial score (nSPS) is 21.1. The molecule has 0 spiro atoms. The molecule has 1 fully saturated rings. The van der Waals surface area contributed by atoms with Crippen LogP contribution in [0.15, 0.2) is 21.2 Å². The van der Waals surface area contributed by atoms with Crippen LogP contribution in [0.1, 0.15) is 30.8 Å². The van der Waals surface area contributed by atoms with Gasteiger partial charge in [-0.05, 0) is 48.3 Å². The molecule has 5 heteroatoms. The number of nitrogens with zero attached hydrogens (tertiary/aromatic N) is 1. The van der Waals surface area contributed by atoms with Crippen molar-refractivity contribution in [2.75, 3.05) is 13.1 Å². The maximum Gasteiger partial charge on any atom is 0.287 e. The summed E-state index contributed by atoms with van der Waals surface area (Å²) in [5.41, 5.74) is 0. The quantitative estimate of drug-likeness (QED) is 0.931. The molecule has 1 atom stereocenters. The van der Waals surface area contributed by atoms with Crippen molar-refractivity contribution in [3.63, 3.8) is 0 Å². The lowest BCUT2D eigenvalue weighted by Crippen LogP contribution is -2.38. The van der Waals surface area contributed by atoms with E-state index in [-0.39, 0.29) is 11.9 Å². The second-order valence-corrected chi connectivity index (χ2v) is 5.43. The van der Waals surface area contributed by atoms with E-state index in [0.717, 1.165) is 19.5 Å². The predicted octanol–water partition coefficient (Wildman–Crippen LogP) is 2.25. The Balaban J connectivity index is 1.88.